The standard InChI is InChI=1S/C12H21N3O4S/c1-9-11(10(2)15(3)13-9)20(17,18)14-12(8-16)4-6-19-7-5-12/h14,16H,4-8H2,1-3H3. The van der Waals surface area contributed by atoms with Gasteiger partial charge in [-0.15, -0.1) is 0 Å². The van der Waals surface area contributed by atoms with Crippen molar-refractivity contribution in [3.63, 3.8) is 0 Å². The molecular formula is C12H21N3O4S. The van der Waals surface area contributed by atoms with Crippen LogP contribution in [0.4, 0.5) is 0 Å². The van der Waals surface area contributed by atoms with Gasteiger partial charge in [0.2, 0.25) is 10.0 Å². The number of nitrogens with zero attached hydrogens (tertiary/aromatic N) is 2. The van der Waals surface area contributed by atoms with Gasteiger partial charge < -0.3 is 9.84 Å². The lowest BCUT2D eigenvalue weighted by Gasteiger charge is -2.35. The molecule has 8 heteroatoms. The highest BCUT2D eigenvalue weighted by Crippen LogP contribution is 2.25. The van der Waals surface area contributed by atoms with Crippen LogP contribution in [0.2, 0.25) is 0 Å². The van der Waals surface area contributed by atoms with Crippen molar-refractivity contribution in [1.29, 1.82) is 0 Å². The highest BCUT2D eigenvalue weighted by molar-refractivity contribution is 7.89. The molecule has 1 saturated heterocycles. The number of hydrogen-bond donors (Lipinski definition) is 2. The zero-order valence-electron chi connectivity index (χ0n) is 12.0. The average molecular weight is 303 g/mol. The van der Waals surface area contributed by atoms with E-state index in [2.05, 4.69) is 9.82 Å². The van der Waals surface area contributed by atoms with Gasteiger partial charge in [-0.1, -0.05) is 0 Å². The molecule has 0 aliphatic carbocycles. The van der Waals surface area contributed by atoms with Gasteiger partial charge in [-0.2, -0.15) is 5.10 Å². The highest BCUT2D eigenvalue weighted by Gasteiger charge is 2.38. The van der Waals surface area contributed by atoms with Crippen molar-refractivity contribution in [2.45, 2.75) is 37.1 Å². The van der Waals surface area contributed by atoms with Crippen LogP contribution in [0.25, 0.3) is 0 Å². The molecule has 1 aromatic heterocycles. The maximum atomic E-state index is 12.6. The molecule has 0 radical (unpaired) electrons. The minimum absolute atomic E-state index is 0.194. The maximum absolute atomic E-state index is 12.6. The van der Waals surface area contributed by atoms with E-state index in [9.17, 15) is 13.5 Å². The van der Waals surface area contributed by atoms with Crippen molar-refractivity contribution in [3.05, 3.63) is 11.4 Å². The minimum Gasteiger partial charge on any atom is -0.394 e. The zero-order valence-corrected chi connectivity index (χ0v) is 12.8. The first kappa shape index (κ1) is 15.4. The summed E-state index contributed by atoms with van der Waals surface area (Å²) in [4.78, 5) is 0.194. The van der Waals surface area contributed by atoms with Crippen LogP contribution in [0.3, 0.4) is 0 Å². The van der Waals surface area contributed by atoms with Crippen LogP contribution >= 0.6 is 0 Å². The number of aromatic nitrogens is 2. The number of aliphatic hydroxyl groups is 1. The Labute approximate surface area is 119 Å². The van der Waals surface area contributed by atoms with Crippen LogP contribution in [0.15, 0.2) is 4.90 Å². The first-order valence-corrected chi connectivity index (χ1v) is 8.02. The second-order valence-electron chi connectivity index (χ2n) is 5.28. The smallest absolute Gasteiger partial charge is 0.244 e. The summed E-state index contributed by atoms with van der Waals surface area (Å²) >= 11 is 0. The topological polar surface area (TPSA) is 93.5 Å². The summed E-state index contributed by atoms with van der Waals surface area (Å²) in [6, 6.07) is 0. The van der Waals surface area contributed by atoms with E-state index in [0.29, 0.717) is 37.4 Å². The van der Waals surface area contributed by atoms with Crippen LogP contribution in [-0.2, 0) is 21.8 Å². The van der Waals surface area contributed by atoms with E-state index in [-0.39, 0.29) is 11.5 Å². The molecule has 1 aliphatic rings. The van der Waals surface area contributed by atoms with E-state index in [4.69, 9.17) is 4.74 Å². The summed E-state index contributed by atoms with van der Waals surface area (Å²) in [6.45, 7) is 4.01. The molecule has 20 heavy (non-hydrogen) atoms. The Hall–Kier alpha value is -0.960. The number of sulfonamides is 1. The average Bonchev–Trinajstić information content (AvgIpc) is 2.64. The largest absolute Gasteiger partial charge is 0.394 e. The van der Waals surface area contributed by atoms with Gasteiger partial charge in [0.15, 0.2) is 0 Å². The van der Waals surface area contributed by atoms with E-state index >= 15 is 0 Å². The third kappa shape index (κ3) is 2.73. The second-order valence-corrected chi connectivity index (χ2v) is 6.90. The van der Waals surface area contributed by atoms with Crippen molar-refractivity contribution in [2.75, 3.05) is 19.8 Å². The first-order chi connectivity index (χ1) is 9.31. The summed E-state index contributed by atoms with van der Waals surface area (Å²) in [5.74, 6) is 0. The molecule has 2 rings (SSSR count). The van der Waals surface area contributed by atoms with Gasteiger partial charge in [-0.05, 0) is 26.7 Å². The first-order valence-electron chi connectivity index (χ1n) is 6.54. The van der Waals surface area contributed by atoms with Crippen LogP contribution in [-0.4, -0.2) is 48.7 Å². The van der Waals surface area contributed by atoms with E-state index in [1.54, 1.807) is 25.6 Å². The summed E-state index contributed by atoms with van der Waals surface area (Å²) < 4.78 is 34.6. The summed E-state index contributed by atoms with van der Waals surface area (Å²) in [7, 11) is -2.01. The normalized spacial score (nSPS) is 19.2. The summed E-state index contributed by atoms with van der Waals surface area (Å²) in [6.07, 6.45) is 0.919. The molecule has 1 aliphatic heterocycles. The predicted octanol–water partition coefficient (Wildman–Crippen LogP) is -0.143. The zero-order chi connectivity index (χ0) is 15.0. The van der Waals surface area contributed by atoms with Gasteiger partial charge in [0.05, 0.1) is 23.5 Å². The quantitative estimate of drug-likeness (QED) is 0.807. The van der Waals surface area contributed by atoms with E-state index in [1.807, 2.05) is 0 Å². The monoisotopic (exact) mass is 303 g/mol. The molecule has 114 valence electrons. The van der Waals surface area contributed by atoms with Gasteiger partial charge in [0.1, 0.15) is 4.90 Å². The lowest BCUT2D eigenvalue weighted by atomic mass is 9.93. The molecule has 7 nitrogen and oxygen atoms in total. The molecule has 0 saturated carbocycles. The molecule has 0 aromatic carbocycles. The molecule has 1 fully saturated rings. The minimum atomic E-state index is -3.72. The Morgan fingerprint density at radius 2 is 2.00 bits per heavy atom. The molecule has 0 atom stereocenters. The molecule has 0 unspecified atom stereocenters. The summed E-state index contributed by atoms with van der Waals surface area (Å²) in [5.41, 5.74) is 0.194. The van der Waals surface area contributed by atoms with Gasteiger partial charge in [-0.3, -0.25) is 4.68 Å². The molecule has 0 bridgehead atoms. The van der Waals surface area contributed by atoms with Crippen LogP contribution in [0.1, 0.15) is 24.2 Å². The van der Waals surface area contributed by atoms with Gasteiger partial charge in [-0.25, -0.2) is 13.1 Å². The lowest BCUT2D eigenvalue weighted by molar-refractivity contribution is 0.0223. The van der Waals surface area contributed by atoms with E-state index < -0.39 is 15.6 Å². The number of nitrogens with one attached hydrogen (secondary N) is 1. The van der Waals surface area contributed by atoms with Crippen molar-refractivity contribution < 1.29 is 18.3 Å². The van der Waals surface area contributed by atoms with Crippen LogP contribution < -0.4 is 4.72 Å². The second kappa shape index (κ2) is 5.44. The molecule has 1 aromatic rings. The number of hydrogen-bond acceptors (Lipinski definition) is 5. The summed E-state index contributed by atoms with van der Waals surface area (Å²) in [5, 5.41) is 13.7. The van der Waals surface area contributed by atoms with Crippen LogP contribution in [0, 0.1) is 13.8 Å². The third-order valence-corrected chi connectivity index (χ3v) is 5.64. The molecule has 2 N–H and O–H groups in total. The fourth-order valence-electron chi connectivity index (χ4n) is 2.53. The van der Waals surface area contributed by atoms with Crippen molar-refractivity contribution in [2.24, 2.45) is 7.05 Å². The Bertz CT molecular complexity index is 588. The van der Waals surface area contributed by atoms with Crippen molar-refractivity contribution in [1.82, 2.24) is 14.5 Å². The molecule has 0 spiro atoms. The molecule has 0 amide bonds. The molecule has 2 heterocycles. The van der Waals surface area contributed by atoms with E-state index in [0.717, 1.165) is 0 Å². The number of ether oxygens (including phenoxy) is 1. The van der Waals surface area contributed by atoms with Gasteiger partial charge in [0.25, 0.3) is 0 Å². The van der Waals surface area contributed by atoms with Crippen LogP contribution in [0.5, 0.6) is 0 Å². The highest BCUT2D eigenvalue weighted by atomic mass is 32.2. The SMILES string of the molecule is Cc1nn(C)c(C)c1S(=O)(=O)NC1(CO)CCOCC1. The Morgan fingerprint density at radius 1 is 1.40 bits per heavy atom. The fourth-order valence-corrected chi connectivity index (χ4v) is 4.43. The Balaban J connectivity index is 2.35. The number of aryl methyl sites for hydroxylation is 2. The maximum Gasteiger partial charge on any atom is 0.244 e. The third-order valence-electron chi connectivity index (χ3n) is 3.81. The number of aliphatic hydroxyl groups excluding tert-OH is 1. The lowest BCUT2D eigenvalue weighted by Crippen LogP contribution is -2.54. The Morgan fingerprint density at radius 3 is 2.45 bits per heavy atom. The van der Waals surface area contributed by atoms with Gasteiger partial charge in [0, 0.05) is 20.3 Å². The van der Waals surface area contributed by atoms with Crippen molar-refractivity contribution in [3.8, 4) is 0 Å². The number of rotatable bonds is 4. The fraction of sp³-hybridized carbons (Fsp3) is 0.750. The van der Waals surface area contributed by atoms with Crippen molar-refractivity contribution >= 4 is 10.0 Å². The molecular weight excluding hydrogens is 282 g/mol. The van der Waals surface area contributed by atoms with E-state index in [1.165, 1.54) is 0 Å². The predicted molar refractivity (Wildman–Crippen MR) is 72.9 cm³/mol. The van der Waals surface area contributed by atoms with Gasteiger partial charge >= 0.3 is 0 Å². The Kier molecular flexibility index (Phi) is 4.19.